The van der Waals surface area contributed by atoms with E-state index in [9.17, 15) is 0 Å². The highest BCUT2D eigenvalue weighted by molar-refractivity contribution is 5.63. The zero-order valence-electron chi connectivity index (χ0n) is 10.6. The lowest BCUT2D eigenvalue weighted by Crippen LogP contribution is -2.28. The second-order valence-corrected chi connectivity index (χ2v) is 4.48. The average molecular weight is 256 g/mol. The predicted molar refractivity (Wildman–Crippen MR) is 72.4 cm³/mol. The molecule has 19 heavy (non-hydrogen) atoms. The van der Waals surface area contributed by atoms with Crippen LogP contribution in [0, 0.1) is 0 Å². The predicted octanol–water partition coefficient (Wildman–Crippen LogP) is 2.08. The first-order valence-electron chi connectivity index (χ1n) is 6.09. The molecule has 1 aliphatic heterocycles. The second-order valence-electron chi connectivity index (χ2n) is 4.48. The zero-order valence-corrected chi connectivity index (χ0v) is 10.6. The molecule has 5 heteroatoms. The molecule has 1 unspecified atom stereocenters. The Bertz CT molecular complexity index is 566. The lowest BCUT2D eigenvalue weighted by molar-refractivity contribution is 0.329. The fraction of sp³-hybridized carbons (Fsp3) is 0.286. The third-order valence-electron chi connectivity index (χ3n) is 3.06. The minimum Gasteiger partial charge on any atom is -0.472 e. The molecule has 0 spiro atoms. The van der Waals surface area contributed by atoms with Gasteiger partial charge < -0.3 is 14.1 Å². The van der Waals surface area contributed by atoms with Crippen molar-refractivity contribution in [3.05, 3.63) is 36.9 Å². The van der Waals surface area contributed by atoms with E-state index in [1.54, 1.807) is 6.20 Å². The summed E-state index contributed by atoms with van der Waals surface area (Å²) in [5, 5.41) is 0. The lowest BCUT2D eigenvalue weighted by Gasteiger charge is -2.21. The molecule has 0 amide bonds. The van der Waals surface area contributed by atoms with Gasteiger partial charge in [-0.1, -0.05) is 12.1 Å². The fourth-order valence-electron chi connectivity index (χ4n) is 2.05. The molecule has 2 heterocycles. The molecule has 1 aromatic carbocycles. The van der Waals surface area contributed by atoms with Crippen LogP contribution in [0.1, 0.15) is 0 Å². The molecule has 0 N–H and O–H groups in total. The van der Waals surface area contributed by atoms with Gasteiger partial charge >= 0.3 is 0 Å². The van der Waals surface area contributed by atoms with Crippen LogP contribution >= 0.6 is 0 Å². The number of aliphatic imine (C=N–C) groups is 1. The normalized spacial score (nSPS) is 17.4. The largest absolute Gasteiger partial charge is 0.472 e. The summed E-state index contributed by atoms with van der Waals surface area (Å²) in [6.45, 7) is 1.40. The summed E-state index contributed by atoms with van der Waals surface area (Å²) in [5.74, 6) is 0.769. The number of hydrogen-bond donors (Lipinski definition) is 0. The van der Waals surface area contributed by atoms with E-state index in [0.717, 1.165) is 23.6 Å². The van der Waals surface area contributed by atoms with Crippen molar-refractivity contribution in [1.29, 1.82) is 0 Å². The van der Waals surface area contributed by atoms with Crippen LogP contribution in [0.2, 0.25) is 0 Å². The molecule has 97 valence electrons. The maximum atomic E-state index is 5.31. The number of oxazole rings is 1. The van der Waals surface area contributed by atoms with Gasteiger partial charge in [0.05, 0.1) is 6.20 Å². The van der Waals surface area contributed by atoms with Crippen LogP contribution in [-0.2, 0) is 4.74 Å². The number of ether oxygens (including phenoxy) is 1. The smallest absolute Gasteiger partial charge is 0.273 e. The molecule has 0 saturated carbocycles. The molecule has 1 atom stereocenters. The number of hydrogen-bond acceptors (Lipinski definition) is 5. The van der Waals surface area contributed by atoms with E-state index in [4.69, 9.17) is 9.15 Å². The molecular weight excluding hydrogens is 242 g/mol. The Labute approximate surface area is 111 Å². The van der Waals surface area contributed by atoms with Crippen molar-refractivity contribution in [1.82, 2.24) is 4.98 Å². The molecular formula is C14H14N3O2. The number of likely N-dealkylation sites (N-methyl/N-ethyl adjacent to an activating group) is 1. The van der Waals surface area contributed by atoms with Gasteiger partial charge in [0.2, 0.25) is 0 Å². The van der Waals surface area contributed by atoms with Crippen molar-refractivity contribution in [2.75, 3.05) is 25.1 Å². The molecule has 1 aliphatic rings. The van der Waals surface area contributed by atoms with Crippen LogP contribution in [0.5, 0.6) is 0 Å². The van der Waals surface area contributed by atoms with E-state index in [0.29, 0.717) is 6.61 Å². The Balaban J connectivity index is 1.77. The fourth-order valence-corrected chi connectivity index (χ4v) is 2.05. The van der Waals surface area contributed by atoms with E-state index in [-0.39, 0.29) is 6.04 Å². The topological polar surface area (TPSA) is 50.9 Å². The van der Waals surface area contributed by atoms with Crippen LogP contribution < -0.4 is 4.90 Å². The van der Waals surface area contributed by atoms with Gasteiger partial charge in [-0.25, -0.2) is 9.98 Å². The number of nitrogens with zero attached hydrogens (tertiary/aromatic N) is 3. The van der Waals surface area contributed by atoms with Crippen molar-refractivity contribution in [2.45, 2.75) is 6.04 Å². The number of aromatic nitrogens is 1. The molecule has 0 saturated heterocycles. The quantitative estimate of drug-likeness (QED) is 0.840. The van der Waals surface area contributed by atoms with E-state index < -0.39 is 0 Å². The van der Waals surface area contributed by atoms with Gasteiger partial charge in [-0.05, 0) is 12.1 Å². The first kappa shape index (κ1) is 11.8. The molecule has 1 aromatic heterocycles. The van der Waals surface area contributed by atoms with Gasteiger partial charge in [-0.2, -0.15) is 0 Å². The molecule has 5 nitrogen and oxygen atoms in total. The molecule has 0 aliphatic carbocycles. The van der Waals surface area contributed by atoms with Crippen molar-refractivity contribution >= 4 is 12.1 Å². The Morgan fingerprint density at radius 3 is 3.16 bits per heavy atom. The Kier molecular flexibility index (Phi) is 3.18. The Morgan fingerprint density at radius 1 is 1.47 bits per heavy atom. The van der Waals surface area contributed by atoms with E-state index >= 15 is 0 Å². The standard InChI is InChI=1S/C14H14N3O2/c1-17(7-12-8-18-10-16-12)13-4-2-3-11(5-13)14-6-15-9-19-14/h2-6,9,12H,7-8H2,1H3. The van der Waals surface area contributed by atoms with Gasteiger partial charge in [0.15, 0.2) is 12.2 Å². The molecule has 0 fully saturated rings. The zero-order chi connectivity index (χ0) is 13.1. The van der Waals surface area contributed by atoms with Crippen LogP contribution in [0.15, 0.2) is 46.3 Å². The molecule has 0 bridgehead atoms. The number of anilines is 1. The first-order chi connectivity index (χ1) is 9.33. The summed E-state index contributed by atoms with van der Waals surface area (Å²) in [6, 6.07) is 8.29. The average Bonchev–Trinajstić information content (AvgIpc) is 3.12. The number of rotatable bonds is 4. The van der Waals surface area contributed by atoms with Gasteiger partial charge in [0, 0.05) is 24.8 Å². The summed E-state index contributed by atoms with van der Waals surface area (Å²) in [4.78, 5) is 10.2. The summed E-state index contributed by atoms with van der Waals surface area (Å²) >= 11 is 0. The van der Waals surface area contributed by atoms with E-state index in [2.05, 4.69) is 33.4 Å². The number of benzene rings is 1. The van der Waals surface area contributed by atoms with E-state index in [1.165, 1.54) is 6.39 Å². The van der Waals surface area contributed by atoms with Crippen molar-refractivity contribution in [3.63, 3.8) is 0 Å². The third kappa shape index (κ3) is 2.59. The maximum Gasteiger partial charge on any atom is 0.273 e. The van der Waals surface area contributed by atoms with Crippen molar-refractivity contribution in [3.8, 4) is 11.3 Å². The summed E-state index contributed by atoms with van der Waals surface area (Å²) in [6.07, 6.45) is 5.69. The minimum atomic E-state index is 0.152. The monoisotopic (exact) mass is 256 g/mol. The van der Waals surface area contributed by atoms with Gasteiger partial charge in [0.25, 0.3) is 6.40 Å². The van der Waals surface area contributed by atoms with Crippen molar-refractivity contribution < 1.29 is 9.15 Å². The highest BCUT2D eigenvalue weighted by Gasteiger charge is 2.15. The van der Waals surface area contributed by atoms with E-state index in [1.807, 2.05) is 19.2 Å². The van der Waals surface area contributed by atoms with Crippen molar-refractivity contribution in [2.24, 2.45) is 4.99 Å². The second kappa shape index (κ2) is 5.14. The Morgan fingerprint density at radius 2 is 2.42 bits per heavy atom. The van der Waals surface area contributed by atoms with Gasteiger partial charge in [0.1, 0.15) is 12.6 Å². The summed E-state index contributed by atoms with van der Waals surface area (Å²) in [7, 11) is 2.04. The SMILES string of the molecule is CN(CC1CO[C]=N1)c1cccc(-c2cnco2)c1. The highest BCUT2D eigenvalue weighted by Crippen LogP contribution is 2.24. The minimum absolute atomic E-state index is 0.152. The molecule has 3 rings (SSSR count). The first-order valence-corrected chi connectivity index (χ1v) is 6.09. The van der Waals surface area contributed by atoms with Gasteiger partial charge in [-0.3, -0.25) is 0 Å². The van der Waals surface area contributed by atoms with Crippen LogP contribution in [0.25, 0.3) is 11.3 Å². The summed E-state index contributed by atoms with van der Waals surface area (Å²) in [5.41, 5.74) is 2.12. The van der Waals surface area contributed by atoms with Crippen LogP contribution in [0.3, 0.4) is 0 Å². The molecule has 2 aromatic rings. The van der Waals surface area contributed by atoms with Crippen LogP contribution in [-0.4, -0.2) is 37.6 Å². The van der Waals surface area contributed by atoms with Crippen LogP contribution in [0.4, 0.5) is 5.69 Å². The highest BCUT2D eigenvalue weighted by atomic mass is 16.5. The lowest BCUT2D eigenvalue weighted by atomic mass is 10.1. The maximum absolute atomic E-state index is 5.31. The molecule has 1 radical (unpaired) electrons. The van der Waals surface area contributed by atoms with Gasteiger partial charge in [-0.15, -0.1) is 0 Å². The summed E-state index contributed by atoms with van der Waals surface area (Å²) < 4.78 is 10.3. The third-order valence-corrected chi connectivity index (χ3v) is 3.06. The Hall–Kier alpha value is -2.30.